The summed E-state index contributed by atoms with van der Waals surface area (Å²) in [5, 5.41) is 23.1. The molecular weight excluding hydrogens is 422 g/mol. The second-order valence-electron chi connectivity index (χ2n) is 8.60. The van der Waals surface area contributed by atoms with Gasteiger partial charge in [-0.15, -0.1) is 0 Å². The molecule has 178 valence electrons. The minimum atomic E-state index is -1.83. The van der Waals surface area contributed by atoms with Gasteiger partial charge >= 0.3 is 0 Å². The highest BCUT2D eigenvalue weighted by atomic mass is 16.5. The van der Waals surface area contributed by atoms with E-state index in [4.69, 9.17) is 4.74 Å². The van der Waals surface area contributed by atoms with Crippen molar-refractivity contribution in [2.24, 2.45) is 5.92 Å². The number of para-hydroxylation sites is 1. The van der Waals surface area contributed by atoms with Crippen molar-refractivity contribution in [3.63, 3.8) is 0 Å². The van der Waals surface area contributed by atoms with Crippen LogP contribution < -0.4 is 15.0 Å². The number of carbonyl (C=O) groups is 2. The fraction of sp³-hybridized carbons (Fsp3) is 0.440. The largest absolute Gasteiger partial charge is 0.493 e. The number of benzene rings is 2. The molecule has 2 aromatic carbocycles. The molecule has 1 saturated heterocycles. The van der Waals surface area contributed by atoms with Crippen molar-refractivity contribution in [1.82, 2.24) is 10.2 Å². The van der Waals surface area contributed by atoms with Gasteiger partial charge in [-0.05, 0) is 35.7 Å². The lowest BCUT2D eigenvalue weighted by molar-refractivity contribution is -0.153. The number of nitrogens with one attached hydrogen (secondary N) is 1. The molecule has 2 atom stereocenters. The van der Waals surface area contributed by atoms with Crippen LogP contribution in [0.2, 0.25) is 0 Å². The third kappa shape index (κ3) is 6.94. The number of rotatable bonds is 9. The number of anilines is 1. The van der Waals surface area contributed by atoms with E-state index in [2.05, 4.69) is 24.1 Å². The van der Waals surface area contributed by atoms with Crippen LogP contribution in [0.4, 0.5) is 5.69 Å². The van der Waals surface area contributed by atoms with E-state index in [-0.39, 0.29) is 6.54 Å². The van der Waals surface area contributed by atoms with E-state index in [1.165, 1.54) is 4.90 Å². The molecule has 0 aromatic heterocycles. The normalized spacial score (nSPS) is 15.8. The molecule has 0 aliphatic carbocycles. The van der Waals surface area contributed by atoms with Gasteiger partial charge in [0.15, 0.2) is 12.2 Å². The monoisotopic (exact) mass is 455 g/mol. The Morgan fingerprint density at radius 2 is 1.58 bits per heavy atom. The summed E-state index contributed by atoms with van der Waals surface area (Å²) in [6, 6.07) is 17.1. The fourth-order valence-electron chi connectivity index (χ4n) is 3.55. The topological polar surface area (TPSA) is 102 Å². The van der Waals surface area contributed by atoms with Gasteiger partial charge < -0.3 is 30.1 Å². The molecule has 0 saturated carbocycles. The molecule has 0 radical (unpaired) electrons. The van der Waals surface area contributed by atoms with E-state index in [1.54, 1.807) is 0 Å². The van der Waals surface area contributed by atoms with E-state index in [0.29, 0.717) is 38.7 Å². The number of amides is 2. The minimum Gasteiger partial charge on any atom is -0.493 e. The second-order valence-corrected chi connectivity index (χ2v) is 8.60. The number of ether oxygens (including phenoxy) is 1. The van der Waals surface area contributed by atoms with E-state index in [9.17, 15) is 19.8 Å². The molecule has 2 aromatic rings. The molecule has 0 unspecified atom stereocenters. The van der Waals surface area contributed by atoms with Gasteiger partial charge in [0.2, 0.25) is 0 Å². The summed E-state index contributed by atoms with van der Waals surface area (Å²) in [7, 11) is 0. The van der Waals surface area contributed by atoms with Crippen LogP contribution in [-0.4, -0.2) is 71.9 Å². The Labute approximate surface area is 194 Å². The number of hydrogen-bond donors (Lipinski definition) is 3. The van der Waals surface area contributed by atoms with Crippen LogP contribution in [0.3, 0.4) is 0 Å². The lowest BCUT2D eigenvalue weighted by atomic mass is 10.1. The van der Waals surface area contributed by atoms with Crippen molar-refractivity contribution in [3.8, 4) is 5.75 Å². The number of hydrogen-bond acceptors (Lipinski definition) is 6. The highest BCUT2D eigenvalue weighted by Crippen LogP contribution is 2.17. The molecule has 3 rings (SSSR count). The average molecular weight is 456 g/mol. The number of aliphatic hydroxyl groups is 2. The molecule has 1 aliphatic rings. The van der Waals surface area contributed by atoms with Crippen molar-refractivity contribution in [1.29, 1.82) is 0 Å². The molecular formula is C25H33N3O5. The summed E-state index contributed by atoms with van der Waals surface area (Å²) in [5.74, 6) is -0.268. The molecule has 1 fully saturated rings. The number of aliphatic hydroxyl groups excluding tert-OH is 2. The molecule has 8 heteroatoms. The predicted molar refractivity (Wildman–Crippen MR) is 126 cm³/mol. The van der Waals surface area contributed by atoms with Crippen LogP contribution in [0.5, 0.6) is 5.75 Å². The van der Waals surface area contributed by atoms with Gasteiger partial charge in [-0.25, -0.2) is 0 Å². The zero-order valence-corrected chi connectivity index (χ0v) is 19.2. The molecule has 8 nitrogen and oxygen atoms in total. The third-order valence-electron chi connectivity index (χ3n) is 5.51. The molecule has 3 N–H and O–H groups in total. The molecule has 0 spiro atoms. The fourth-order valence-corrected chi connectivity index (χ4v) is 3.55. The Kier molecular flexibility index (Phi) is 8.68. The van der Waals surface area contributed by atoms with Crippen LogP contribution >= 0.6 is 0 Å². The van der Waals surface area contributed by atoms with Crippen molar-refractivity contribution in [2.75, 3.05) is 37.7 Å². The van der Waals surface area contributed by atoms with Crippen LogP contribution in [0.1, 0.15) is 19.4 Å². The van der Waals surface area contributed by atoms with E-state index < -0.39 is 24.0 Å². The standard InChI is InChI=1S/C25H33N3O5/c1-18(2)17-33-21-10-8-19(9-11-21)16-26-24(31)22(29)23(30)25(32)28-14-12-27(13-15-28)20-6-4-3-5-7-20/h3-11,18,22-23,29-30H,12-17H2,1-2H3,(H,26,31)/t22-,23-/m1/s1. The van der Waals surface area contributed by atoms with Gasteiger partial charge in [0.25, 0.3) is 11.8 Å². The smallest absolute Gasteiger partial charge is 0.254 e. The lowest BCUT2D eigenvalue weighted by Gasteiger charge is -2.37. The van der Waals surface area contributed by atoms with Crippen molar-refractivity contribution in [2.45, 2.75) is 32.6 Å². The minimum absolute atomic E-state index is 0.164. The van der Waals surface area contributed by atoms with Crippen molar-refractivity contribution < 1.29 is 24.5 Å². The van der Waals surface area contributed by atoms with Crippen LogP contribution in [0.15, 0.2) is 54.6 Å². The van der Waals surface area contributed by atoms with E-state index in [1.807, 2.05) is 54.6 Å². The van der Waals surface area contributed by atoms with Crippen LogP contribution in [0, 0.1) is 5.92 Å². The van der Waals surface area contributed by atoms with E-state index in [0.717, 1.165) is 17.0 Å². The molecule has 1 heterocycles. The van der Waals surface area contributed by atoms with Gasteiger partial charge in [-0.3, -0.25) is 9.59 Å². The average Bonchev–Trinajstić information content (AvgIpc) is 2.86. The Morgan fingerprint density at radius 1 is 0.939 bits per heavy atom. The third-order valence-corrected chi connectivity index (χ3v) is 5.51. The Hall–Kier alpha value is -3.10. The molecule has 33 heavy (non-hydrogen) atoms. The van der Waals surface area contributed by atoms with Crippen molar-refractivity contribution >= 4 is 17.5 Å². The van der Waals surface area contributed by atoms with Gasteiger partial charge in [-0.1, -0.05) is 44.2 Å². The second kappa shape index (κ2) is 11.7. The summed E-state index contributed by atoms with van der Waals surface area (Å²) in [6.45, 7) is 6.96. The first kappa shape index (κ1) is 24.5. The lowest BCUT2D eigenvalue weighted by Crippen LogP contribution is -2.55. The first-order valence-corrected chi connectivity index (χ1v) is 11.3. The highest BCUT2D eigenvalue weighted by molar-refractivity contribution is 5.90. The maximum atomic E-state index is 12.6. The molecule has 2 amide bonds. The summed E-state index contributed by atoms with van der Waals surface area (Å²) in [6.07, 6.45) is -3.64. The zero-order valence-electron chi connectivity index (χ0n) is 19.2. The van der Waals surface area contributed by atoms with E-state index >= 15 is 0 Å². The summed E-state index contributed by atoms with van der Waals surface area (Å²) in [5.41, 5.74) is 1.88. The van der Waals surface area contributed by atoms with Crippen LogP contribution in [-0.2, 0) is 16.1 Å². The maximum absolute atomic E-state index is 12.6. The van der Waals surface area contributed by atoms with Gasteiger partial charge in [0, 0.05) is 38.4 Å². The summed E-state index contributed by atoms with van der Waals surface area (Å²) < 4.78 is 5.63. The van der Waals surface area contributed by atoms with Crippen molar-refractivity contribution in [3.05, 3.63) is 60.2 Å². The zero-order chi connectivity index (χ0) is 23.8. The Balaban J connectivity index is 1.44. The number of piperazine rings is 1. The summed E-state index contributed by atoms with van der Waals surface area (Å²) in [4.78, 5) is 28.5. The first-order valence-electron chi connectivity index (χ1n) is 11.3. The molecule has 1 aliphatic heterocycles. The SMILES string of the molecule is CC(C)COc1ccc(CNC(=O)[C@H](O)[C@@H](O)C(=O)N2CCN(c3ccccc3)CC2)cc1. The number of carbonyl (C=O) groups excluding carboxylic acids is 2. The first-order chi connectivity index (χ1) is 15.8. The maximum Gasteiger partial charge on any atom is 0.254 e. The van der Waals surface area contributed by atoms with Crippen LogP contribution in [0.25, 0.3) is 0 Å². The Morgan fingerprint density at radius 3 is 2.18 bits per heavy atom. The Bertz CT molecular complexity index is 896. The molecule has 0 bridgehead atoms. The number of nitrogens with zero attached hydrogens (tertiary/aromatic N) is 2. The van der Waals surface area contributed by atoms with Gasteiger partial charge in [-0.2, -0.15) is 0 Å². The quantitative estimate of drug-likeness (QED) is 0.529. The van der Waals surface area contributed by atoms with Gasteiger partial charge in [0.05, 0.1) is 6.61 Å². The summed E-state index contributed by atoms with van der Waals surface area (Å²) >= 11 is 0. The van der Waals surface area contributed by atoms with Gasteiger partial charge in [0.1, 0.15) is 5.75 Å². The predicted octanol–water partition coefficient (Wildman–Crippen LogP) is 1.41. The highest BCUT2D eigenvalue weighted by Gasteiger charge is 2.34.